The van der Waals surface area contributed by atoms with Crippen molar-refractivity contribution in [2.45, 2.75) is 33.5 Å². The van der Waals surface area contributed by atoms with Gasteiger partial charge in [-0.25, -0.2) is 14.1 Å². The normalized spacial score (nSPS) is 12.3. The number of aromatic nitrogens is 6. The van der Waals surface area contributed by atoms with Crippen molar-refractivity contribution in [1.29, 1.82) is 0 Å². The summed E-state index contributed by atoms with van der Waals surface area (Å²) in [4.78, 5) is 23.4. The molecule has 0 saturated heterocycles. The molecule has 172 valence electrons. The molecule has 4 heterocycles. The van der Waals surface area contributed by atoms with Gasteiger partial charge < -0.3 is 9.30 Å². The summed E-state index contributed by atoms with van der Waals surface area (Å²) in [5, 5.41) is 16.8. The van der Waals surface area contributed by atoms with E-state index in [0.29, 0.717) is 27.4 Å². The number of pyridine rings is 1. The molecule has 33 heavy (non-hydrogen) atoms. The lowest BCUT2D eigenvalue weighted by Crippen LogP contribution is -2.20. The second-order valence-corrected chi connectivity index (χ2v) is 8.12. The highest BCUT2D eigenvalue weighted by Gasteiger charge is 2.29. The summed E-state index contributed by atoms with van der Waals surface area (Å²) in [6.45, 7) is 4.52. The predicted octanol–water partition coefficient (Wildman–Crippen LogP) is 4.57. The average Bonchev–Trinajstić information content (AvgIpc) is 3.23. The Morgan fingerprint density at radius 2 is 2.00 bits per heavy atom. The molecule has 0 N–H and O–H groups in total. The van der Waals surface area contributed by atoms with Crippen molar-refractivity contribution in [3.8, 4) is 11.6 Å². The molecule has 0 amide bonds. The molecule has 4 aromatic heterocycles. The van der Waals surface area contributed by atoms with Gasteiger partial charge in [0.15, 0.2) is 6.17 Å². The van der Waals surface area contributed by atoms with Gasteiger partial charge in [-0.3, -0.25) is 15.1 Å². The third-order valence-corrected chi connectivity index (χ3v) is 5.48. The second kappa shape index (κ2) is 8.91. The third-order valence-electron chi connectivity index (χ3n) is 5.00. The van der Waals surface area contributed by atoms with Gasteiger partial charge >= 0.3 is 11.6 Å². The standard InChI is InChI=1S/C20H18Cl2FN7O3/c1-10-4-5-16(11(2)25-10)29-12(3)17(30(31)32)19(27-29)33-9-13(23)7-28-8-15(21)14-6-24-20(22)26-18(14)28/h4-6,8,13H,7,9H2,1-3H3/t13-/m1/s1. The van der Waals surface area contributed by atoms with E-state index in [0.717, 1.165) is 5.69 Å². The van der Waals surface area contributed by atoms with Gasteiger partial charge in [-0.15, -0.1) is 5.10 Å². The highest BCUT2D eigenvalue weighted by atomic mass is 35.5. The zero-order valence-electron chi connectivity index (χ0n) is 17.8. The molecular weight excluding hydrogens is 476 g/mol. The average molecular weight is 494 g/mol. The molecule has 0 aliphatic heterocycles. The Hall–Kier alpha value is -3.31. The van der Waals surface area contributed by atoms with Crippen molar-refractivity contribution in [3.05, 3.63) is 62.0 Å². The Morgan fingerprint density at radius 3 is 2.70 bits per heavy atom. The predicted molar refractivity (Wildman–Crippen MR) is 120 cm³/mol. The third kappa shape index (κ3) is 4.46. The fraction of sp³-hybridized carbons (Fsp3) is 0.300. The molecule has 0 aliphatic carbocycles. The second-order valence-electron chi connectivity index (χ2n) is 7.38. The summed E-state index contributed by atoms with van der Waals surface area (Å²) >= 11 is 12.0. The van der Waals surface area contributed by atoms with E-state index < -0.39 is 17.7 Å². The van der Waals surface area contributed by atoms with Crippen LogP contribution >= 0.6 is 23.2 Å². The largest absolute Gasteiger partial charge is 0.469 e. The van der Waals surface area contributed by atoms with Crippen LogP contribution in [0, 0.1) is 30.9 Å². The number of aryl methyl sites for hydroxylation is 2. The Bertz CT molecular complexity index is 1370. The molecule has 0 bridgehead atoms. The molecule has 4 rings (SSSR count). The highest BCUT2D eigenvalue weighted by molar-refractivity contribution is 6.35. The Balaban J connectivity index is 1.57. The zero-order valence-corrected chi connectivity index (χ0v) is 19.3. The molecule has 0 aromatic carbocycles. The smallest absolute Gasteiger partial charge is 0.353 e. The van der Waals surface area contributed by atoms with Crippen molar-refractivity contribution in [1.82, 2.24) is 29.3 Å². The van der Waals surface area contributed by atoms with Gasteiger partial charge in [-0.05, 0) is 44.5 Å². The molecule has 0 aliphatic rings. The van der Waals surface area contributed by atoms with Gasteiger partial charge in [-0.2, -0.15) is 4.98 Å². The highest BCUT2D eigenvalue weighted by Crippen LogP contribution is 2.32. The molecule has 0 unspecified atom stereocenters. The van der Waals surface area contributed by atoms with E-state index in [2.05, 4.69) is 20.1 Å². The minimum Gasteiger partial charge on any atom is -0.469 e. The van der Waals surface area contributed by atoms with Crippen LogP contribution in [-0.2, 0) is 6.54 Å². The number of fused-ring (bicyclic) bond motifs is 1. The lowest BCUT2D eigenvalue weighted by atomic mass is 10.2. The summed E-state index contributed by atoms with van der Waals surface area (Å²) in [6, 6.07) is 3.53. The van der Waals surface area contributed by atoms with Crippen LogP contribution in [-0.4, -0.2) is 47.0 Å². The lowest BCUT2D eigenvalue weighted by Gasteiger charge is -2.10. The monoisotopic (exact) mass is 493 g/mol. The first kappa shape index (κ1) is 22.9. The minimum atomic E-state index is -1.54. The van der Waals surface area contributed by atoms with Crippen LogP contribution in [0.15, 0.2) is 24.5 Å². The Labute approximate surface area is 197 Å². The van der Waals surface area contributed by atoms with Crippen molar-refractivity contribution in [3.63, 3.8) is 0 Å². The van der Waals surface area contributed by atoms with Crippen LogP contribution in [0.25, 0.3) is 16.7 Å². The maximum atomic E-state index is 14.8. The Morgan fingerprint density at radius 1 is 1.24 bits per heavy atom. The molecule has 1 atom stereocenters. The maximum Gasteiger partial charge on any atom is 0.353 e. The fourth-order valence-electron chi connectivity index (χ4n) is 3.49. The summed E-state index contributed by atoms with van der Waals surface area (Å²) < 4.78 is 23.1. The first-order valence-electron chi connectivity index (χ1n) is 9.78. The van der Waals surface area contributed by atoms with Crippen LogP contribution in [0.3, 0.4) is 0 Å². The molecule has 0 radical (unpaired) electrons. The van der Waals surface area contributed by atoms with E-state index in [1.807, 2.05) is 6.92 Å². The number of halogens is 3. The zero-order chi connectivity index (χ0) is 23.9. The van der Waals surface area contributed by atoms with Gasteiger partial charge in [0.2, 0.25) is 5.28 Å². The first-order chi connectivity index (χ1) is 15.7. The van der Waals surface area contributed by atoms with E-state index in [9.17, 15) is 14.5 Å². The quantitative estimate of drug-likeness (QED) is 0.210. The number of rotatable bonds is 7. The fourth-order valence-corrected chi connectivity index (χ4v) is 3.87. The summed E-state index contributed by atoms with van der Waals surface area (Å²) in [6.07, 6.45) is 1.42. The number of hydrogen-bond donors (Lipinski definition) is 0. The summed E-state index contributed by atoms with van der Waals surface area (Å²) in [5.41, 5.74) is 2.29. The van der Waals surface area contributed by atoms with E-state index in [1.54, 1.807) is 26.0 Å². The van der Waals surface area contributed by atoms with Crippen LogP contribution < -0.4 is 4.74 Å². The number of nitrogens with zero attached hydrogens (tertiary/aromatic N) is 7. The van der Waals surface area contributed by atoms with E-state index in [-0.39, 0.29) is 29.1 Å². The summed E-state index contributed by atoms with van der Waals surface area (Å²) in [5.74, 6) is -0.277. The summed E-state index contributed by atoms with van der Waals surface area (Å²) in [7, 11) is 0. The number of nitro groups is 1. The number of hydrogen-bond acceptors (Lipinski definition) is 7. The topological polar surface area (TPSA) is 114 Å². The molecular formula is C20H18Cl2FN7O3. The van der Waals surface area contributed by atoms with Crippen LogP contribution in [0.5, 0.6) is 5.88 Å². The molecule has 10 nitrogen and oxygen atoms in total. The number of ether oxygens (including phenoxy) is 1. The molecule has 0 saturated carbocycles. The number of alkyl halides is 1. The minimum absolute atomic E-state index is 0.00250. The van der Waals surface area contributed by atoms with E-state index >= 15 is 0 Å². The first-order valence-corrected chi connectivity index (χ1v) is 10.5. The molecule has 0 spiro atoms. The van der Waals surface area contributed by atoms with Crippen LogP contribution in [0.2, 0.25) is 10.3 Å². The molecule has 13 heteroatoms. The van der Waals surface area contributed by atoms with Crippen LogP contribution in [0.4, 0.5) is 10.1 Å². The van der Waals surface area contributed by atoms with Gasteiger partial charge in [0.05, 0.1) is 33.3 Å². The Kier molecular flexibility index (Phi) is 6.17. The van der Waals surface area contributed by atoms with Gasteiger partial charge in [0.1, 0.15) is 17.9 Å². The van der Waals surface area contributed by atoms with Crippen molar-refractivity contribution in [2.24, 2.45) is 0 Å². The van der Waals surface area contributed by atoms with Gasteiger partial charge in [0, 0.05) is 18.1 Å². The van der Waals surface area contributed by atoms with Crippen molar-refractivity contribution < 1.29 is 14.1 Å². The molecule has 0 fully saturated rings. The SMILES string of the molecule is Cc1ccc(-n2nc(OC[C@H](F)Cn3cc(Cl)c4cnc(Cl)nc43)c([N+](=O)[O-])c2C)c(C)n1. The molecule has 4 aromatic rings. The van der Waals surface area contributed by atoms with Gasteiger partial charge in [-0.1, -0.05) is 11.6 Å². The maximum absolute atomic E-state index is 14.8. The van der Waals surface area contributed by atoms with Crippen LogP contribution in [0.1, 0.15) is 17.1 Å². The van der Waals surface area contributed by atoms with Crippen molar-refractivity contribution >= 4 is 39.9 Å². The van der Waals surface area contributed by atoms with Crippen molar-refractivity contribution in [2.75, 3.05) is 6.61 Å². The lowest BCUT2D eigenvalue weighted by molar-refractivity contribution is -0.386. The van der Waals surface area contributed by atoms with E-state index in [4.69, 9.17) is 27.9 Å². The van der Waals surface area contributed by atoms with Gasteiger partial charge in [0.25, 0.3) is 0 Å². The van der Waals surface area contributed by atoms with E-state index in [1.165, 1.54) is 21.6 Å².